The predicted octanol–water partition coefficient (Wildman–Crippen LogP) is 3.88. The molecular weight excluding hydrogens is 361 g/mol. The van der Waals surface area contributed by atoms with Gasteiger partial charge >= 0.3 is 15.6 Å². The lowest BCUT2D eigenvalue weighted by molar-refractivity contribution is -0.272. The lowest BCUT2D eigenvalue weighted by Gasteiger charge is -2.52. The second-order valence-electron chi connectivity index (χ2n) is 6.82. The van der Waals surface area contributed by atoms with Crippen LogP contribution in [0.4, 0.5) is 13.2 Å². The van der Waals surface area contributed by atoms with Gasteiger partial charge < -0.3 is 13.7 Å². The van der Waals surface area contributed by atoms with Crippen LogP contribution in [0.1, 0.15) is 40.0 Å². The molecule has 9 heteroatoms. The van der Waals surface area contributed by atoms with E-state index in [0.717, 1.165) is 6.42 Å². The van der Waals surface area contributed by atoms with Crippen molar-refractivity contribution in [3.63, 3.8) is 0 Å². The summed E-state index contributed by atoms with van der Waals surface area (Å²) in [6, 6.07) is 0. The van der Waals surface area contributed by atoms with Crippen LogP contribution in [0.2, 0.25) is 0 Å². The minimum absolute atomic E-state index is 0.0503. The van der Waals surface area contributed by atoms with Crippen molar-refractivity contribution in [1.82, 2.24) is 0 Å². The molecule has 0 aromatic rings. The molecule has 2 heterocycles. The topological polar surface area (TPSA) is 61.8 Å². The maximum atomic E-state index is 12.4. The van der Waals surface area contributed by atoms with E-state index < -0.39 is 33.1 Å². The van der Waals surface area contributed by atoms with E-state index in [1.165, 1.54) is 0 Å². The van der Waals surface area contributed by atoms with Gasteiger partial charge in [-0.05, 0) is 32.6 Å². The first-order valence-electron chi connectivity index (χ1n) is 8.06. The number of ether oxygens (including phenoxy) is 2. The van der Waals surface area contributed by atoms with Crippen LogP contribution in [0, 0.1) is 11.3 Å². The van der Waals surface area contributed by atoms with E-state index in [4.69, 9.17) is 9.47 Å². The van der Waals surface area contributed by atoms with E-state index >= 15 is 0 Å². The highest BCUT2D eigenvalue weighted by atomic mass is 32.2. The largest absolute Gasteiger partial charge is 0.534 e. The second-order valence-corrected chi connectivity index (χ2v) is 8.36. The lowest BCUT2D eigenvalue weighted by Crippen LogP contribution is -2.53. The van der Waals surface area contributed by atoms with Crippen LogP contribution in [0.15, 0.2) is 24.5 Å². The van der Waals surface area contributed by atoms with Gasteiger partial charge in [0.05, 0.1) is 12.2 Å². The van der Waals surface area contributed by atoms with E-state index in [9.17, 15) is 21.6 Å². The minimum atomic E-state index is -5.69. The number of rotatable bonds is 7. The van der Waals surface area contributed by atoms with Crippen molar-refractivity contribution >= 4 is 10.1 Å². The Morgan fingerprint density at radius 1 is 1.44 bits per heavy atom. The third-order valence-electron chi connectivity index (χ3n) is 4.61. The molecule has 5 nitrogen and oxygen atoms in total. The molecule has 0 spiro atoms. The maximum absolute atomic E-state index is 12.4. The fourth-order valence-corrected chi connectivity index (χ4v) is 3.74. The van der Waals surface area contributed by atoms with E-state index in [1.54, 1.807) is 0 Å². The summed E-state index contributed by atoms with van der Waals surface area (Å²) in [5.74, 6) is -0.296. The molecule has 0 amide bonds. The van der Waals surface area contributed by atoms with Crippen molar-refractivity contribution in [2.75, 3.05) is 0 Å². The molecule has 0 aromatic carbocycles. The Morgan fingerprint density at radius 2 is 2.08 bits per heavy atom. The highest BCUT2D eigenvalue weighted by Gasteiger charge is 2.52. The van der Waals surface area contributed by atoms with Gasteiger partial charge in [0, 0.05) is 11.8 Å². The van der Waals surface area contributed by atoms with Crippen LogP contribution in [-0.2, 0) is 23.8 Å². The van der Waals surface area contributed by atoms with Gasteiger partial charge in [0.2, 0.25) is 0 Å². The van der Waals surface area contributed by atoms with Crippen molar-refractivity contribution in [1.29, 1.82) is 0 Å². The minimum Gasteiger partial charge on any atom is -0.381 e. The van der Waals surface area contributed by atoms with Crippen LogP contribution in [-0.4, -0.2) is 32.4 Å². The summed E-state index contributed by atoms with van der Waals surface area (Å²) in [7, 11) is -5.69. The first-order chi connectivity index (χ1) is 11.4. The van der Waals surface area contributed by atoms with Gasteiger partial charge in [-0.2, -0.15) is 21.6 Å². The van der Waals surface area contributed by atoms with E-state index in [0.29, 0.717) is 6.42 Å². The molecule has 3 rings (SSSR count). The summed E-state index contributed by atoms with van der Waals surface area (Å²) in [5.41, 5.74) is -6.04. The van der Waals surface area contributed by atoms with Gasteiger partial charge in [-0.1, -0.05) is 25.7 Å². The van der Waals surface area contributed by atoms with Gasteiger partial charge in [-0.3, -0.25) is 0 Å². The van der Waals surface area contributed by atoms with Crippen molar-refractivity contribution in [2.24, 2.45) is 11.3 Å². The normalized spacial score (nSPS) is 32.2. The first kappa shape index (κ1) is 20.3. The van der Waals surface area contributed by atoms with Crippen LogP contribution >= 0.6 is 0 Å². The van der Waals surface area contributed by atoms with Gasteiger partial charge in [0.15, 0.2) is 6.29 Å². The molecule has 144 valence electrons. The summed E-state index contributed by atoms with van der Waals surface area (Å²) in [5, 5.41) is 0. The van der Waals surface area contributed by atoms with E-state index in [1.807, 2.05) is 32.9 Å². The quantitative estimate of drug-likeness (QED) is 0.289. The highest BCUT2D eigenvalue weighted by Crippen LogP contribution is 2.51. The van der Waals surface area contributed by atoms with E-state index in [-0.39, 0.29) is 24.5 Å². The van der Waals surface area contributed by atoms with Crippen molar-refractivity contribution in [3.05, 3.63) is 24.5 Å². The Balaban J connectivity index is 2.09. The Bertz CT molecular complexity index is 641. The van der Waals surface area contributed by atoms with Gasteiger partial charge in [-0.25, -0.2) is 0 Å². The van der Waals surface area contributed by atoms with Gasteiger partial charge in [0.1, 0.15) is 5.76 Å². The molecular formula is C16H23F3O5S. The van der Waals surface area contributed by atoms with Gasteiger partial charge in [0.25, 0.3) is 0 Å². The number of fused-ring (bicyclic) bond motifs is 2. The average molecular weight is 384 g/mol. The monoisotopic (exact) mass is 384 g/mol. The molecule has 2 unspecified atom stereocenters. The fraction of sp³-hybridized carbons (Fsp3) is 0.750. The predicted molar refractivity (Wildman–Crippen MR) is 84.7 cm³/mol. The average Bonchev–Trinajstić information content (AvgIpc) is 2.44. The number of allylic oxidation sites excluding steroid dienone is 1. The SMILES string of the molecule is C=C(CCC12C=C[C@@H](CC1C)O[C@H]2OC(C)C)OS(=O)(=O)C(F)(F)F. The summed E-state index contributed by atoms with van der Waals surface area (Å²) >= 11 is 0. The van der Waals surface area contributed by atoms with Crippen LogP contribution in [0.3, 0.4) is 0 Å². The van der Waals surface area contributed by atoms with Crippen molar-refractivity contribution in [2.45, 2.75) is 64.0 Å². The first-order valence-corrected chi connectivity index (χ1v) is 9.47. The molecule has 1 aliphatic carbocycles. The molecule has 2 bridgehead atoms. The number of hydrogen-bond donors (Lipinski definition) is 0. The summed E-state index contributed by atoms with van der Waals surface area (Å²) in [4.78, 5) is 0. The number of alkyl halides is 3. The standard InChI is InChI=1S/C16H23F3O5S/c1-10(2)22-14-15(8-6-13(23-14)9-11(15)3)7-5-12(4)24-25(20,21)16(17,18)19/h6,8,10-11,13-14H,4-5,7,9H2,1-3H3/t11?,13-,14+,15?/m0/s1. The van der Waals surface area contributed by atoms with Crippen molar-refractivity contribution < 1.29 is 35.2 Å². The summed E-state index contributed by atoms with van der Waals surface area (Å²) < 4.78 is 75.2. The fourth-order valence-electron chi connectivity index (χ4n) is 3.25. The van der Waals surface area contributed by atoms with Crippen LogP contribution in [0.5, 0.6) is 0 Å². The Hall–Kier alpha value is -1.06. The molecule has 0 saturated carbocycles. The second kappa shape index (κ2) is 6.92. The zero-order valence-electron chi connectivity index (χ0n) is 14.4. The smallest absolute Gasteiger partial charge is 0.381 e. The molecule has 0 radical (unpaired) electrons. The van der Waals surface area contributed by atoms with Gasteiger partial charge in [-0.15, -0.1) is 0 Å². The number of hydrogen-bond acceptors (Lipinski definition) is 5. The Labute approximate surface area is 145 Å². The molecule has 0 N–H and O–H groups in total. The lowest BCUT2D eigenvalue weighted by atomic mass is 9.65. The third-order valence-corrected chi connectivity index (χ3v) is 5.63. The third kappa shape index (κ3) is 4.20. The molecule has 25 heavy (non-hydrogen) atoms. The molecule has 1 fully saturated rings. The highest BCUT2D eigenvalue weighted by molar-refractivity contribution is 7.87. The van der Waals surface area contributed by atoms with E-state index in [2.05, 4.69) is 10.8 Å². The summed E-state index contributed by atoms with van der Waals surface area (Å²) in [6.07, 6.45) is 4.21. The molecule has 0 aromatic heterocycles. The number of halogens is 3. The molecule has 4 atom stereocenters. The zero-order chi connectivity index (χ0) is 19.0. The maximum Gasteiger partial charge on any atom is 0.534 e. The van der Waals surface area contributed by atoms with Crippen molar-refractivity contribution in [3.8, 4) is 0 Å². The zero-order valence-corrected chi connectivity index (χ0v) is 15.2. The van der Waals surface area contributed by atoms with Crippen LogP contribution < -0.4 is 0 Å². The van der Waals surface area contributed by atoms with Crippen LogP contribution in [0.25, 0.3) is 0 Å². The Kier molecular flexibility index (Phi) is 5.61. The molecule has 2 aliphatic heterocycles. The summed E-state index contributed by atoms with van der Waals surface area (Å²) in [6.45, 7) is 9.07. The Morgan fingerprint density at radius 3 is 2.60 bits per heavy atom. The molecule has 3 aliphatic rings. The molecule has 1 saturated heterocycles.